The molecule has 35 heavy (non-hydrogen) atoms. The molecule has 0 saturated carbocycles. The van der Waals surface area contributed by atoms with Crippen molar-refractivity contribution in [2.45, 2.75) is 45.3 Å². The molecule has 0 bridgehead atoms. The van der Waals surface area contributed by atoms with Gasteiger partial charge in [-0.3, -0.25) is 18.7 Å². The number of nitrogens with one attached hydrogen (secondary N) is 1. The van der Waals surface area contributed by atoms with Crippen molar-refractivity contribution in [3.63, 3.8) is 0 Å². The third-order valence-electron chi connectivity index (χ3n) is 5.80. The van der Waals surface area contributed by atoms with Gasteiger partial charge >= 0.3 is 5.69 Å². The lowest BCUT2D eigenvalue weighted by molar-refractivity contribution is -0.119. The van der Waals surface area contributed by atoms with E-state index >= 15 is 0 Å². The minimum atomic E-state index is -0.461. The number of rotatable bonds is 7. The van der Waals surface area contributed by atoms with E-state index < -0.39 is 11.2 Å². The number of hydrogen-bond donors (Lipinski definition) is 1. The number of nitrogens with zero attached hydrogens (tertiary/aromatic N) is 4. The smallest absolute Gasteiger partial charge is 0.332 e. The monoisotopic (exact) mass is 491 g/mol. The van der Waals surface area contributed by atoms with Crippen LogP contribution in [0.5, 0.6) is 0 Å². The van der Waals surface area contributed by atoms with Gasteiger partial charge in [-0.1, -0.05) is 62.0 Å². The molecule has 0 radical (unpaired) electrons. The van der Waals surface area contributed by atoms with Crippen LogP contribution < -0.4 is 16.6 Å². The highest BCUT2D eigenvalue weighted by Crippen LogP contribution is 2.24. The molecule has 0 spiro atoms. The zero-order chi connectivity index (χ0) is 25.3. The van der Waals surface area contributed by atoms with E-state index in [1.165, 1.54) is 23.4 Å². The summed E-state index contributed by atoms with van der Waals surface area (Å²) in [4.78, 5) is 47.4. The summed E-state index contributed by atoms with van der Waals surface area (Å²) in [6, 6.07) is 14.0. The summed E-state index contributed by atoms with van der Waals surface area (Å²) in [7, 11) is 1.45. The first kappa shape index (κ1) is 24.7. The molecule has 1 N–H and O–H groups in total. The van der Waals surface area contributed by atoms with Gasteiger partial charge < -0.3 is 5.32 Å². The van der Waals surface area contributed by atoms with Crippen LogP contribution in [-0.2, 0) is 18.4 Å². The predicted octanol–water partition coefficient (Wildman–Crippen LogP) is 3.58. The Labute approximate surface area is 207 Å². The van der Waals surface area contributed by atoms with Gasteiger partial charge in [0.1, 0.15) is 16.2 Å². The fraction of sp³-hybridized carbons (Fsp3) is 0.346. The van der Waals surface area contributed by atoms with Crippen molar-refractivity contribution in [2.75, 3.05) is 5.75 Å². The first-order valence-corrected chi connectivity index (χ1v) is 12.5. The van der Waals surface area contributed by atoms with E-state index in [1.807, 2.05) is 51.1 Å². The number of aryl methyl sites for hydroxylation is 1. The summed E-state index contributed by atoms with van der Waals surface area (Å²) < 4.78 is 2.59. The van der Waals surface area contributed by atoms with Crippen molar-refractivity contribution >= 4 is 39.5 Å². The average molecular weight is 492 g/mol. The largest absolute Gasteiger partial charge is 0.349 e. The van der Waals surface area contributed by atoms with Crippen LogP contribution >= 0.6 is 11.8 Å². The SMILES string of the molecule is Cc1nc(SCC(=O)NC(C)c2ccc3ccccc3c2)c2c(=O)n(C)c(=O)n(CC(C)C)c2n1. The Morgan fingerprint density at radius 3 is 2.49 bits per heavy atom. The quantitative estimate of drug-likeness (QED) is 0.313. The average Bonchev–Trinajstić information content (AvgIpc) is 2.83. The van der Waals surface area contributed by atoms with Crippen LogP contribution in [0.3, 0.4) is 0 Å². The Hall–Kier alpha value is -3.46. The zero-order valence-electron chi connectivity index (χ0n) is 20.5. The molecule has 0 fully saturated rings. The van der Waals surface area contributed by atoms with Crippen molar-refractivity contribution in [1.82, 2.24) is 24.4 Å². The number of amides is 1. The van der Waals surface area contributed by atoms with Crippen molar-refractivity contribution in [2.24, 2.45) is 13.0 Å². The lowest BCUT2D eigenvalue weighted by atomic mass is 10.0. The first-order valence-electron chi connectivity index (χ1n) is 11.5. The molecule has 1 unspecified atom stereocenters. The van der Waals surface area contributed by atoms with Gasteiger partial charge in [-0.05, 0) is 42.2 Å². The molecule has 0 aliphatic carbocycles. The van der Waals surface area contributed by atoms with Crippen LogP contribution in [0.15, 0.2) is 57.1 Å². The molecule has 0 saturated heterocycles. The van der Waals surface area contributed by atoms with Crippen LogP contribution in [0.25, 0.3) is 21.8 Å². The maximum Gasteiger partial charge on any atom is 0.332 e. The lowest BCUT2D eigenvalue weighted by Gasteiger charge is -2.16. The summed E-state index contributed by atoms with van der Waals surface area (Å²) in [5, 5.41) is 5.95. The molecule has 0 aliphatic heterocycles. The highest BCUT2D eigenvalue weighted by molar-refractivity contribution is 8.00. The van der Waals surface area contributed by atoms with Crippen molar-refractivity contribution in [3.8, 4) is 0 Å². The second kappa shape index (κ2) is 10.0. The molecule has 8 nitrogen and oxygen atoms in total. The molecule has 1 amide bonds. The molecule has 4 aromatic rings. The van der Waals surface area contributed by atoms with Gasteiger partial charge in [0, 0.05) is 13.6 Å². The minimum Gasteiger partial charge on any atom is -0.349 e. The van der Waals surface area contributed by atoms with E-state index in [0.29, 0.717) is 23.0 Å². The van der Waals surface area contributed by atoms with Gasteiger partial charge in [0.2, 0.25) is 5.91 Å². The standard InChI is InChI=1S/C26H29N5O3S/c1-15(2)13-31-23-22(25(33)30(5)26(31)34)24(29-17(4)28-23)35-14-21(32)27-16(3)19-11-10-18-8-6-7-9-20(18)12-19/h6-12,15-16H,13-14H2,1-5H3,(H,27,32). The Morgan fingerprint density at radius 2 is 1.77 bits per heavy atom. The van der Waals surface area contributed by atoms with E-state index in [-0.39, 0.29) is 29.0 Å². The Morgan fingerprint density at radius 1 is 1.06 bits per heavy atom. The van der Waals surface area contributed by atoms with Gasteiger partial charge in [-0.15, -0.1) is 0 Å². The zero-order valence-corrected chi connectivity index (χ0v) is 21.3. The van der Waals surface area contributed by atoms with Gasteiger partial charge in [0.15, 0.2) is 5.65 Å². The molecule has 182 valence electrons. The minimum absolute atomic E-state index is 0.0793. The first-order chi connectivity index (χ1) is 16.7. The predicted molar refractivity (Wildman–Crippen MR) is 140 cm³/mol. The number of hydrogen-bond acceptors (Lipinski definition) is 6. The normalized spacial score (nSPS) is 12.4. The highest BCUT2D eigenvalue weighted by Gasteiger charge is 2.20. The second-order valence-electron chi connectivity index (χ2n) is 9.11. The van der Waals surface area contributed by atoms with E-state index in [2.05, 4.69) is 27.4 Å². The van der Waals surface area contributed by atoms with E-state index in [9.17, 15) is 14.4 Å². The summed E-state index contributed by atoms with van der Waals surface area (Å²) >= 11 is 1.18. The second-order valence-corrected chi connectivity index (χ2v) is 10.1. The van der Waals surface area contributed by atoms with Gasteiger partial charge in [0.05, 0.1) is 11.8 Å². The number of aromatic nitrogens is 4. The summed E-state index contributed by atoms with van der Waals surface area (Å²) in [5.74, 6) is 0.528. The Kier molecular flexibility index (Phi) is 7.07. The molecule has 9 heteroatoms. The fourth-order valence-corrected chi connectivity index (χ4v) is 4.92. The van der Waals surface area contributed by atoms with Crippen LogP contribution in [-0.4, -0.2) is 30.8 Å². The molecular weight excluding hydrogens is 462 g/mol. The maximum atomic E-state index is 13.0. The number of carbonyl (C=O) groups is 1. The molecule has 2 aromatic heterocycles. The van der Waals surface area contributed by atoms with Crippen LogP contribution in [0.4, 0.5) is 0 Å². The van der Waals surface area contributed by atoms with Crippen LogP contribution in [0.2, 0.25) is 0 Å². The van der Waals surface area contributed by atoms with E-state index in [1.54, 1.807) is 6.92 Å². The van der Waals surface area contributed by atoms with Crippen LogP contribution in [0.1, 0.15) is 38.2 Å². The number of fused-ring (bicyclic) bond motifs is 2. The Balaban J connectivity index is 1.58. The van der Waals surface area contributed by atoms with Crippen molar-refractivity contribution in [1.29, 1.82) is 0 Å². The van der Waals surface area contributed by atoms with Crippen molar-refractivity contribution in [3.05, 3.63) is 74.7 Å². The van der Waals surface area contributed by atoms with Gasteiger partial charge in [-0.25, -0.2) is 14.8 Å². The third kappa shape index (κ3) is 5.14. The molecule has 4 rings (SSSR count). The number of carbonyl (C=O) groups excluding carboxylic acids is 1. The fourth-order valence-electron chi connectivity index (χ4n) is 4.05. The molecule has 1 atom stereocenters. The van der Waals surface area contributed by atoms with E-state index in [4.69, 9.17) is 0 Å². The maximum absolute atomic E-state index is 13.0. The number of benzene rings is 2. The van der Waals surface area contributed by atoms with Gasteiger partial charge in [0.25, 0.3) is 5.56 Å². The Bertz CT molecular complexity index is 1540. The highest BCUT2D eigenvalue weighted by atomic mass is 32.2. The molecule has 2 heterocycles. The summed E-state index contributed by atoms with van der Waals surface area (Å²) in [6.07, 6.45) is 0. The van der Waals surface area contributed by atoms with Gasteiger partial charge in [-0.2, -0.15) is 0 Å². The summed E-state index contributed by atoms with van der Waals surface area (Å²) in [5.41, 5.74) is 0.452. The molecule has 2 aromatic carbocycles. The van der Waals surface area contributed by atoms with Crippen LogP contribution in [0, 0.1) is 12.8 Å². The number of thioether (sulfide) groups is 1. The third-order valence-corrected chi connectivity index (χ3v) is 6.77. The lowest BCUT2D eigenvalue weighted by Crippen LogP contribution is -2.39. The van der Waals surface area contributed by atoms with E-state index in [0.717, 1.165) is 20.9 Å². The molecule has 0 aliphatic rings. The summed E-state index contributed by atoms with van der Waals surface area (Å²) in [6.45, 7) is 8.07. The topological polar surface area (TPSA) is 98.9 Å². The van der Waals surface area contributed by atoms with Crippen molar-refractivity contribution < 1.29 is 4.79 Å². The molecular formula is C26H29N5O3S.